The van der Waals surface area contributed by atoms with Crippen LogP contribution in [0.3, 0.4) is 0 Å². The number of pyridine rings is 1. The highest BCUT2D eigenvalue weighted by Crippen LogP contribution is 2.35. The van der Waals surface area contributed by atoms with Crippen molar-refractivity contribution in [2.45, 2.75) is 25.8 Å². The summed E-state index contributed by atoms with van der Waals surface area (Å²) in [7, 11) is 0. The van der Waals surface area contributed by atoms with E-state index in [2.05, 4.69) is 30.5 Å². The Morgan fingerprint density at radius 2 is 2.04 bits per heavy atom. The van der Waals surface area contributed by atoms with E-state index in [0.717, 1.165) is 24.2 Å². The van der Waals surface area contributed by atoms with Crippen LogP contribution in [0.1, 0.15) is 40.8 Å². The molecule has 0 bridgehead atoms. The second kappa shape index (κ2) is 7.45. The monoisotopic (exact) mass is 361 g/mol. The zero-order valence-corrected chi connectivity index (χ0v) is 14.9. The van der Waals surface area contributed by atoms with E-state index in [9.17, 15) is 4.79 Å². The van der Waals surface area contributed by atoms with E-state index < -0.39 is 0 Å². The SMILES string of the molecule is Cc1cccc(Nc2nccnc2C2CCCN2C(=O)c2cccnn2)n1. The largest absolute Gasteiger partial charge is 0.328 e. The van der Waals surface area contributed by atoms with Crippen LogP contribution in [-0.4, -0.2) is 42.5 Å². The van der Waals surface area contributed by atoms with Gasteiger partial charge in [0.1, 0.15) is 11.5 Å². The Kier molecular flexibility index (Phi) is 4.69. The molecule has 3 aromatic heterocycles. The first-order valence-electron chi connectivity index (χ1n) is 8.82. The normalized spacial score (nSPS) is 16.3. The molecule has 1 fully saturated rings. The van der Waals surface area contributed by atoms with E-state index >= 15 is 0 Å². The van der Waals surface area contributed by atoms with Crippen molar-refractivity contribution in [2.75, 3.05) is 11.9 Å². The quantitative estimate of drug-likeness (QED) is 0.763. The van der Waals surface area contributed by atoms with E-state index in [-0.39, 0.29) is 11.9 Å². The highest BCUT2D eigenvalue weighted by atomic mass is 16.2. The van der Waals surface area contributed by atoms with E-state index in [1.165, 1.54) is 0 Å². The molecule has 4 rings (SSSR count). The number of aromatic nitrogens is 5. The zero-order valence-electron chi connectivity index (χ0n) is 14.9. The van der Waals surface area contributed by atoms with Gasteiger partial charge in [0.25, 0.3) is 5.91 Å². The van der Waals surface area contributed by atoms with Gasteiger partial charge in [-0.15, -0.1) is 5.10 Å². The summed E-state index contributed by atoms with van der Waals surface area (Å²) in [5.41, 5.74) is 1.98. The molecule has 27 heavy (non-hydrogen) atoms. The molecule has 8 heteroatoms. The predicted molar refractivity (Wildman–Crippen MR) is 99.3 cm³/mol. The average molecular weight is 361 g/mol. The molecule has 1 saturated heterocycles. The lowest BCUT2D eigenvalue weighted by atomic mass is 10.1. The van der Waals surface area contributed by atoms with Gasteiger partial charge in [0, 0.05) is 30.8 Å². The fourth-order valence-corrected chi connectivity index (χ4v) is 3.28. The maximum atomic E-state index is 12.9. The van der Waals surface area contributed by atoms with Crippen molar-refractivity contribution in [3.8, 4) is 0 Å². The molecule has 0 spiro atoms. The summed E-state index contributed by atoms with van der Waals surface area (Å²) in [6, 6.07) is 8.96. The molecule has 0 aromatic carbocycles. The molecule has 0 saturated carbocycles. The number of aryl methyl sites for hydroxylation is 1. The third-order valence-electron chi connectivity index (χ3n) is 4.48. The van der Waals surface area contributed by atoms with Gasteiger partial charge in [0.2, 0.25) is 0 Å². The standard InChI is InChI=1S/C19H19N7O/c1-13-5-2-8-16(23-13)24-18-17(20-10-11-21-18)15-7-4-12-26(15)19(27)14-6-3-9-22-25-14/h2-3,5-6,8-11,15H,4,7,12H2,1H3,(H,21,23,24). The number of nitrogens with one attached hydrogen (secondary N) is 1. The molecule has 1 aliphatic heterocycles. The third-order valence-corrected chi connectivity index (χ3v) is 4.48. The lowest BCUT2D eigenvalue weighted by Crippen LogP contribution is -2.32. The number of likely N-dealkylation sites (tertiary alicyclic amines) is 1. The van der Waals surface area contributed by atoms with Gasteiger partial charge in [-0.1, -0.05) is 6.07 Å². The first kappa shape index (κ1) is 17.0. The third kappa shape index (κ3) is 3.59. The Morgan fingerprint density at radius 3 is 2.85 bits per heavy atom. The van der Waals surface area contributed by atoms with Crippen molar-refractivity contribution >= 4 is 17.5 Å². The first-order valence-corrected chi connectivity index (χ1v) is 8.82. The molecule has 1 unspecified atom stereocenters. The zero-order chi connectivity index (χ0) is 18.6. The molecule has 1 aliphatic rings. The minimum atomic E-state index is -0.166. The number of carbonyl (C=O) groups excluding carboxylic acids is 1. The average Bonchev–Trinajstić information content (AvgIpc) is 3.18. The van der Waals surface area contributed by atoms with Gasteiger partial charge in [-0.05, 0) is 44.0 Å². The fourth-order valence-electron chi connectivity index (χ4n) is 3.28. The second-order valence-corrected chi connectivity index (χ2v) is 6.34. The van der Waals surface area contributed by atoms with Crippen LogP contribution >= 0.6 is 0 Å². The first-order chi connectivity index (χ1) is 13.2. The highest BCUT2D eigenvalue weighted by Gasteiger charge is 2.34. The molecule has 0 radical (unpaired) electrons. The molecule has 0 aliphatic carbocycles. The summed E-state index contributed by atoms with van der Waals surface area (Å²) in [6.07, 6.45) is 6.55. The number of hydrogen-bond donors (Lipinski definition) is 1. The lowest BCUT2D eigenvalue weighted by Gasteiger charge is -2.25. The van der Waals surface area contributed by atoms with E-state index in [0.29, 0.717) is 23.9 Å². The Labute approximate surface area is 156 Å². The van der Waals surface area contributed by atoms with E-state index in [1.807, 2.05) is 25.1 Å². The number of carbonyl (C=O) groups is 1. The molecule has 1 N–H and O–H groups in total. The minimum absolute atomic E-state index is 0.143. The summed E-state index contributed by atoms with van der Waals surface area (Å²) in [4.78, 5) is 28.1. The summed E-state index contributed by atoms with van der Waals surface area (Å²) in [5, 5.41) is 11.0. The van der Waals surface area contributed by atoms with Gasteiger partial charge >= 0.3 is 0 Å². The highest BCUT2D eigenvalue weighted by molar-refractivity contribution is 5.92. The number of anilines is 2. The van der Waals surface area contributed by atoms with Crippen LogP contribution < -0.4 is 5.32 Å². The van der Waals surface area contributed by atoms with Crippen molar-refractivity contribution in [3.05, 3.63) is 66.0 Å². The Morgan fingerprint density at radius 1 is 1.15 bits per heavy atom. The van der Waals surface area contributed by atoms with Crippen LogP contribution in [0, 0.1) is 6.92 Å². The molecule has 1 atom stereocenters. The van der Waals surface area contributed by atoms with E-state index in [1.54, 1.807) is 35.6 Å². The maximum Gasteiger partial charge on any atom is 0.274 e. The van der Waals surface area contributed by atoms with Crippen LogP contribution in [0.25, 0.3) is 0 Å². The van der Waals surface area contributed by atoms with Gasteiger partial charge in [0.15, 0.2) is 11.5 Å². The molecule has 3 aromatic rings. The molecule has 4 heterocycles. The Hall–Kier alpha value is -3.42. The van der Waals surface area contributed by atoms with Crippen LogP contribution in [0.15, 0.2) is 48.9 Å². The van der Waals surface area contributed by atoms with Gasteiger partial charge in [-0.25, -0.2) is 9.97 Å². The van der Waals surface area contributed by atoms with Gasteiger partial charge in [-0.3, -0.25) is 9.78 Å². The van der Waals surface area contributed by atoms with Crippen LogP contribution in [0.5, 0.6) is 0 Å². The van der Waals surface area contributed by atoms with Crippen LogP contribution in [0.2, 0.25) is 0 Å². The predicted octanol–water partition coefficient (Wildman–Crippen LogP) is 2.69. The van der Waals surface area contributed by atoms with E-state index in [4.69, 9.17) is 0 Å². The Bertz CT molecular complexity index is 948. The van der Waals surface area contributed by atoms with Crippen molar-refractivity contribution < 1.29 is 4.79 Å². The van der Waals surface area contributed by atoms with Crippen molar-refractivity contribution in [2.24, 2.45) is 0 Å². The topological polar surface area (TPSA) is 96.8 Å². The Balaban J connectivity index is 1.63. The summed E-state index contributed by atoms with van der Waals surface area (Å²) in [5.74, 6) is 1.16. The van der Waals surface area contributed by atoms with Gasteiger partial charge in [-0.2, -0.15) is 5.10 Å². The van der Waals surface area contributed by atoms with Crippen molar-refractivity contribution in [1.29, 1.82) is 0 Å². The molecule has 1 amide bonds. The molecule has 136 valence electrons. The maximum absolute atomic E-state index is 12.9. The van der Waals surface area contributed by atoms with Crippen LogP contribution in [-0.2, 0) is 0 Å². The number of hydrogen-bond acceptors (Lipinski definition) is 7. The second-order valence-electron chi connectivity index (χ2n) is 6.34. The summed E-state index contributed by atoms with van der Waals surface area (Å²) in [6.45, 7) is 2.58. The summed E-state index contributed by atoms with van der Waals surface area (Å²) < 4.78 is 0. The minimum Gasteiger partial charge on any atom is -0.328 e. The molecule has 8 nitrogen and oxygen atoms in total. The van der Waals surface area contributed by atoms with Gasteiger partial charge < -0.3 is 10.2 Å². The van der Waals surface area contributed by atoms with Crippen LogP contribution in [0.4, 0.5) is 11.6 Å². The van der Waals surface area contributed by atoms with Crippen molar-refractivity contribution in [3.63, 3.8) is 0 Å². The van der Waals surface area contributed by atoms with Crippen molar-refractivity contribution in [1.82, 2.24) is 30.0 Å². The number of amides is 1. The smallest absolute Gasteiger partial charge is 0.274 e. The molecular formula is C19H19N7O. The van der Waals surface area contributed by atoms with Gasteiger partial charge in [0.05, 0.1) is 6.04 Å². The molecular weight excluding hydrogens is 342 g/mol. The summed E-state index contributed by atoms with van der Waals surface area (Å²) >= 11 is 0. The number of rotatable bonds is 4. The lowest BCUT2D eigenvalue weighted by molar-refractivity contribution is 0.0726. The fraction of sp³-hybridized carbons (Fsp3) is 0.263. The number of nitrogens with zero attached hydrogens (tertiary/aromatic N) is 6.